The van der Waals surface area contributed by atoms with Crippen LogP contribution in [-0.4, -0.2) is 50.5 Å². The lowest BCUT2D eigenvalue weighted by Gasteiger charge is -2.21. The Labute approximate surface area is 212 Å². The van der Waals surface area contributed by atoms with E-state index >= 15 is 0 Å². The predicted molar refractivity (Wildman–Crippen MR) is 138 cm³/mol. The van der Waals surface area contributed by atoms with E-state index in [-0.39, 0.29) is 29.8 Å². The van der Waals surface area contributed by atoms with Crippen LogP contribution in [0.5, 0.6) is 11.6 Å². The first-order valence-corrected chi connectivity index (χ1v) is 11.3. The van der Waals surface area contributed by atoms with Gasteiger partial charge in [-0.05, 0) is 49.8 Å². The topological polar surface area (TPSA) is 77.0 Å². The number of ether oxygens (including phenoxy) is 3. The molecule has 182 valence electrons. The Bertz CT molecular complexity index is 833. The number of aliphatic imine (C=N–C) groups is 1. The molecule has 0 radical (unpaired) electrons. The first kappa shape index (κ1) is 27.3. The first-order valence-electron chi connectivity index (χ1n) is 11.3. The lowest BCUT2D eigenvalue weighted by molar-refractivity contribution is 0.0203. The van der Waals surface area contributed by atoms with Gasteiger partial charge in [0.2, 0.25) is 5.88 Å². The minimum Gasteiger partial charge on any atom is -0.439 e. The third-order valence-electron chi connectivity index (χ3n) is 5.03. The van der Waals surface area contributed by atoms with Crippen LogP contribution in [0, 0.1) is 11.7 Å². The standard InChI is InChI=1S/C24H33FN4O3.HI/c1-2-26-24(27-11-4-12-31-18-19-9-13-30-14-10-19)29-17-20-7-8-23(28-16-20)32-22-6-3-5-21(25)15-22;/h3,5-8,15-16,19H,2,4,9-14,17-18H2,1H3,(H2,26,27,29);1H. The second-order valence-corrected chi connectivity index (χ2v) is 7.67. The molecule has 0 atom stereocenters. The number of halogens is 2. The van der Waals surface area contributed by atoms with E-state index in [1.165, 1.54) is 12.1 Å². The van der Waals surface area contributed by atoms with Crippen LogP contribution in [0.1, 0.15) is 31.7 Å². The monoisotopic (exact) mass is 572 g/mol. The smallest absolute Gasteiger partial charge is 0.219 e. The Morgan fingerprint density at radius 1 is 1.21 bits per heavy atom. The van der Waals surface area contributed by atoms with E-state index in [4.69, 9.17) is 14.2 Å². The normalized spacial score (nSPS) is 14.4. The van der Waals surface area contributed by atoms with E-state index in [1.807, 2.05) is 13.0 Å². The van der Waals surface area contributed by atoms with Crippen LogP contribution in [0.4, 0.5) is 4.39 Å². The number of nitrogens with zero attached hydrogens (tertiary/aromatic N) is 2. The van der Waals surface area contributed by atoms with E-state index in [1.54, 1.807) is 24.4 Å². The summed E-state index contributed by atoms with van der Waals surface area (Å²) in [6, 6.07) is 9.64. The van der Waals surface area contributed by atoms with Crippen LogP contribution in [-0.2, 0) is 16.0 Å². The number of hydrogen-bond acceptors (Lipinski definition) is 5. The molecule has 0 aliphatic carbocycles. The number of rotatable bonds is 11. The highest BCUT2D eigenvalue weighted by molar-refractivity contribution is 14.0. The Hall–Kier alpha value is -1.98. The number of pyridine rings is 1. The zero-order valence-electron chi connectivity index (χ0n) is 19.1. The lowest BCUT2D eigenvalue weighted by atomic mass is 10.0. The first-order chi connectivity index (χ1) is 15.7. The minimum atomic E-state index is -0.345. The highest BCUT2D eigenvalue weighted by Crippen LogP contribution is 2.20. The summed E-state index contributed by atoms with van der Waals surface area (Å²) in [5, 5.41) is 6.59. The molecule has 2 N–H and O–H groups in total. The molecule has 1 aliphatic heterocycles. The summed E-state index contributed by atoms with van der Waals surface area (Å²) in [7, 11) is 0. The van der Waals surface area contributed by atoms with Crippen LogP contribution in [0.3, 0.4) is 0 Å². The predicted octanol–water partition coefficient (Wildman–Crippen LogP) is 4.52. The highest BCUT2D eigenvalue weighted by Gasteiger charge is 2.13. The molecule has 1 aliphatic rings. The molecule has 0 saturated carbocycles. The molecule has 9 heteroatoms. The van der Waals surface area contributed by atoms with Crippen molar-refractivity contribution in [1.29, 1.82) is 0 Å². The van der Waals surface area contributed by atoms with Gasteiger partial charge in [-0.15, -0.1) is 24.0 Å². The molecule has 0 unspecified atom stereocenters. The molecular formula is C24H34FIN4O3. The summed E-state index contributed by atoms with van der Waals surface area (Å²) in [6.07, 6.45) is 4.83. The zero-order chi connectivity index (χ0) is 22.4. The van der Waals surface area contributed by atoms with E-state index in [0.29, 0.717) is 24.1 Å². The average Bonchev–Trinajstić information content (AvgIpc) is 2.81. The van der Waals surface area contributed by atoms with Gasteiger partial charge in [0.15, 0.2) is 5.96 Å². The number of hydrogen-bond donors (Lipinski definition) is 2. The molecule has 2 heterocycles. The van der Waals surface area contributed by atoms with E-state index in [9.17, 15) is 4.39 Å². The van der Waals surface area contributed by atoms with Gasteiger partial charge in [0.05, 0.1) is 6.54 Å². The van der Waals surface area contributed by atoms with Gasteiger partial charge in [0, 0.05) is 57.8 Å². The molecule has 1 fully saturated rings. The molecule has 0 amide bonds. The van der Waals surface area contributed by atoms with Crippen LogP contribution < -0.4 is 15.4 Å². The van der Waals surface area contributed by atoms with Crippen molar-refractivity contribution < 1.29 is 18.6 Å². The van der Waals surface area contributed by atoms with Crippen LogP contribution >= 0.6 is 24.0 Å². The second kappa shape index (κ2) is 15.8. The maximum Gasteiger partial charge on any atom is 0.219 e. The van der Waals surface area contributed by atoms with Gasteiger partial charge in [-0.2, -0.15) is 0 Å². The van der Waals surface area contributed by atoms with Crippen LogP contribution in [0.2, 0.25) is 0 Å². The maximum absolute atomic E-state index is 13.3. The van der Waals surface area contributed by atoms with E-state index < -0.39 is 0 Å². The molecule has 1 aromatic heterocycles. The SMILES string of the molecule is CCNC(=NCc1ccc(Oc2cccc(F)c2)nc1)NCCCOCC1CCOCC1.I. The van der Waals surface area contributed by atoms with E-state index in [2.05, 4.69) is 20.6 Å². The molecule has 1 aromatic carbocycles. The Balaban J connectivity index is 0.00000385. The second-order valence-electron chi connectivity index (χ2n) is 7.67. The Morgan fingerprint density at radius 2 is 2.06 bits per heavy atom. The van der Waals surface area contributed by atoms with Gasteiger partial charge >= 0.3 is 0 Å². The number of guanidine groups is 1. The third-order valence-corrected chi connectivity index (χ3v) is 5.03. The van der Waals surface area contributed by atoms with Crippen molar-refractivity contribution in [2.45, 2.75) is 32.7 Å². The zero-order valence-corrected chi connectivity index (χ0v) is 21.4. The lowest BCUT2D eigenvalue weighted by Crippen LogP contribution is -2.38. The Morgan fingerprint density at radius 3 is 2.79 bits per heavy atom. The van der Waals surface area contributed by atoms with Crippen molar-refractivity contribution in [2.75, 3.05) is 39.5 Å². The van der Waals surface area contributed by atoms with Gasteiger partial charge in [-0.1, -0.05) is 12.1 Å². The largest absolute Gasteiger partial charge is 0.439 e. The third kappa shape index (κ3) is 10.7. The molecule has 3 rings (SSSR count). The Kier molecular flexibility index (Phi) is 13.0. The molecule has 7 nitrogen and oxygen atoms in total. The highest BCUT2D eigenvalue weighted by atomic mass is 127. The average molecular weight is 572 g/mol. The summed E-state index contributed by atoms with van der Waals surface area (Å²) >= 11 is 0. The van der Waals surface area contributed by atoms with Gasteiger partial charge in [-0.3, -0.25) is 0 Å². The van der Waals surface area contributed by atoms with Crippen molar-refractivity contribution in [1.82, 2.24) is 15.6 Å². The van der Waals surface area contributed by atoms with Crippen molar-refractivity contribution in [2.24, 2.45) is 10.9 Å². The van der Waals surface area contributed by atoms with Crippen LogP contribution in [0.25, 0.3) is 0 Å². The fourth-order valence-electron chi connectivity index (χ4n) is 3.27. The number of aromatic nitrogens is 1. The van der Waals surface area contributed by atoms with Gasteiger partial charge in [-0.25, -0.2) is 14.4 Å². The summed E-state index contributed by atoms with van der Waals surface area (Å²) in [5.41, 5.74) is 0.952. The molecule has 2 aromatic rings. The fraction of sp³-hybridized carbons (Fsp3) is 0.500. The van der Waals surface area contributed by atoms with Gasteiger partial charge in [0.25, 0.3) is 0 Å². The molecule has 0 spiro atoms. The summed E-state index contributed by atoms with van der Waals surface area (Å²) in [6.45, 7) is 7.37. The van der Waals surface area contributed by atoms with Crippen molar-refractivity contribution >= 4 is 29.9 Å². The van der Waals surface area contributed by atoms with E-state index in [0.717, 1.165) is 70.3 Å². The summed E-state index contributed by atoms with van der Waals surface area (Å²) in [4.78, 5) is 8.89. The molecule has 1 saturated heterocycles. The van der Waals surface area contributed by atoms with Gasteiger partial charge < -0.3 is 24.8 Å². The maximum atomic E-state index is 13.3. The van der Waals surface area contributed by atoms with Crippen LogP contribution in [0.15, 0.2) is 47.6 Å². The molecule has 0 bridgehead atoms. The fourth-order valence-corrected chi connectivity index (χ4v) is 3.27. The summed E-state index contributed by atoms with van der Waals surface area (Å²) < 4.78 is 30.0. The quantitative estimate of drug-likeness (QED) is 0.179. The molecular weight excluding hydrogens is 538 g/mol. The summed E-state index contributed by atoms with van der Waals surface area (Å²) in [5.74, 6) is 1.88. The van der Waals surface area contributed by atoms with Crippen molar-refractivity contribution in [3.63, 3.8) is 0 Å². The minimum absolute atomic E-state index is 0. The number of benzene rings is 1. The van der Waals surface area contributed by atoms with Crippen molar-refractivity contribution in [3.8, 4) is 11.6 Å². The van der Waals surface area contributed by atoms with Gasteiger partial charge in [0.1, 0.15) is 11.6 Å². The molecule has 33 heavy (non-hydrogen) atoms. The van der Waals surface area contributed by atoms with Crippen molar-refractivity contribution in [3.05, 3.63) is 54.0 Å². The number of nitrogens with one attached hydrogen (secondary N) is 2.